The lowest BCUT2D eigenvalue weighted by molar-refractivity contribution is -0.137. The van der Waals surface area contributed by atoms with Gasteiger partial charge in [-0.05, 0) is 47.1 Å². The Morgan fingerprint density at radius 2 is 2.12 bits per heavy atom. The summed E-state index contributed by atoms with van der Waals surface area (Å²) in [5, 5.41) is 6.22. The maximum atomic E-state index is 11.7. The fraction of sp³-hybridized carbons (Fsp3) is 0.917. The molecular formula is C12H24N2O2. The van der Waals surface area contributed by atoms with Crippen LogP contribution in [0.2, 0.25) is 0 Å². The van der Waals surface area contributed by atoms with E-state index in [0.29, 0.717) is 6.04 Å². The Morgan fingerprint density at radius 3 is 2.69 bits per heavy atom. The molecular weight excluding hydrogens is 204 g/mol. The SMILES string of the molecule is CC(C)NC(=O)C(C)OC1CCCNC1C. The molecule has 3 unspecified atom stereocenters. The van der Waals surface area contributed by atoms with Gasteiger partial charge < -0.3 is 15.4 Å². The molecule has 2 N–H and O–H groups in total. The molecule has 1 rings (SSSR count). The van der Waals surface area contributed by atoms with E-state index < -0.39 is 0 Å². The largest absolute Gasteiger partial charge is 0.364 e. The number of rotatable bonds is 4. The number of carbonyl (C=O) groups is 1. The molecule has 0 spiro atoms. The van der Waals surface area contributed by atoms with Gasteiger partial charge in [-0.15, -0.1) is 0 Å². The first-order valence-electron chi connectivity index (χ1n) is 6.20. The van der Waals surface area contributed by atoms with E-state index in [-0.39, 0.29) is 24.2 Å². The first-order chi connectivity index (χ1) is 7.50. The molecule has 1 fully saturated rings. The second kappa shape index (κ2) is 6.21. The van der Waals surface area contributed by atoms with Crippen molar-refractivity contribution in [1.29, 1.82) is 0 Å². The zero-order valence-corrected chi connectivity index (χ0v) is 10.7. The van der Waals surface area contributed by atoms with Crippen LogP contribution in [-0.2, 0) is 9.53 Å². The summed E-state index contributed by atoms with van der Waals surface area (Å²) in [4.78, 5) is 11.7. The monoisotopic (exact) mass is 228 g/mol. The third-order valence-corrected chi connectivity index (χ3v) is 2.87. The summed E-state index contributed by atoms with van der Waals surface area (Å²) in [5.74, 6) is -0.0206. The van der Waals surface area contributed by atoms with Crippen molar-refractivity contribution in [3.8, 4) is 0 Å². The van der Waals surface area contributed by atoms with Crippen LogP contribution in [0.15, 0.2) is 0 Å². The maximum absolute atomic E-state index is 11.7. The molecule has 1 saturated heterocycles. The summed E-state index contributed by atoms with van der Waals surface area (Å²) in [7, 11) is 0. The third kappa shape index (κ3) is 4.10. The highest BCUT2D eigenvalue weighted by molar-refractivity contribution is 5.80. The maximum Gasteiger partial charge on any atom is 0.249 e. The van der Waals surface area contributed by atoms with Crippen molar-refractivity contribution in [3.05, 3.63) is 0 Å². The highest BCUT2D eigenvalue weighted by Crippen LogP contribution is 2.14. The van der Waals surface area contributed by atoms with E-state index in [0.717, 1.165) is 19.4 Å². The number of nitrogens with one attached hydrogen (secondary N) is 2. The quantitative estimate of drug-likeness (QED) is 0.756. The summed E-state index contributed by atoms with van der Waals surface area (Å²) in [6.07, 6.45) is 1.94. The number of amides is 1. The van der Waals surface area contributed by atoms with Crippen LogP contribution in [0.25, 0.3) is 0 Å². The second-order valence-electron chi connectivity index (χ2n) is 4.87. The van der Waals surface area contributed by atoms with Crippen LogP contribution in [0.5, 0.6) is 0 Å². The summed E-state index contributed by atoms with van der Waals surface area (Å²) >= 11 is 0. The molecule has 1 heterocycles. The molecule has 0 aromatic heterocycles. The topological polar surface area (TPSA) is 50.4 Å². The van der Waals surface area contributed by atoms with Crippen LogP contribution < -0.4 is 10.6 Å². The van der Waals surface area contributed by atoms with Crippen LogP contribution in [0.3, 0.4) is 0 Å². The second-order valence-corrected chi connectivity index (χ2v) is 4.87. The smallest absolute Gasteiger partial charge is 0.249 e. The van der Waals surface area contributed by atoms with Gasteiger partial charge in [0.25, 0.3) is 0 Å². The standard InChI is InChI=1S/C12H24N2O2/c1-8(2)14-12(15)10(4)16-11-6-5-7-13-9(11)3/h8-11,13H,5-7H2,1-4H3,(H,14,15). The van der Waals surface area contributed by atoms with E-state index in [9.17, 15) is 4.79 Å². The minimum absolute atomic E-state index is 0.0206. The van der Waals surface area contributed by atoms with Crippen molar-refractivity contribution in [3.63, 3.8) is 0 Å². The van der Waals surface area contributed by atoms with Crippen LogP contribution in [-0.4, -0.2) is 36.7 Å². The molecule has 0 saturated carbocycles. The number of carbonyl (C=O) groups excluding carboxylic acids is 1. The van der Waals surface area contributed by atoms with E-state index in [1.165, 1.54) is 0 Å². The van der Waals surface area contributed by atoms with Crippen molar-refractivity contribution in [2.24, 2.45) is 0 Å². The minimum Gasteiger partial charge on any atom is -0.364 e. The van der Waals surface area contributed by atoms with Gasteiger partial charge in [-0.1, -0.05) is 0 Å². The predicted molar refractivity (Wildman–Crippen MR) is 64.3 cm³/mol. The Labute approximate surface area is 98.1 Å². The van der Waals surface area contributed by atoms with Gasteiger partial charge in [0.2, 0.25) is 5.91 Å². The number of piperidine rings is 1. The fourth-order valence-electron chi connectivity index (χ4n) is 1.93. The molecule has 1 amide bonds. The average Bonchev–Trinajstić information content (AvgIpc) is 2.20. The molecule has 4 nitrogen and oxygen atoms in total. The van der Waals surface area contributed by atoms with E-state index in [1.54, 1.807) is 0 Å². The average molecular weight is 228 g/mol. The van der Waals surface area contributed by atoms with E-state index >= 15 is 0 Å². The summed E-state index contributed by atoms with van der Waals surface area (Å²) in [5.41, 5.74) is 0. The van der Waals surface area contributed by atoms with Crippen molar-refractivity contribution in [1.82, 2.24) is 10.6 Å². The van der Waals surface area contributed by atoms with Gasteiger partial charge in [0.15, 0.2) is 0 Å². The van der Waals surface area contributed by atoms with Crippen LogP contribution in [0.4, 0.5) is 0 Å². The summed E-state index contributed by atoms with van der Waals surface area (Å²) < 4.78 is 5.79. The molecule has 4 heteroatoms. The molecule has 1 aliphatic rings. The first-order valence-corrected chi connectivity index (χ1v) is 6.20. The Kier molecular flexibility index (Phi) is 5.22. The number of ether oxygens (including phenoxy) is 1. The van der Waals surface area contributed by atoms with Gasteiger partial charge in [-0.3, -0.25) is 4.79 Å². The Hall–Kier alpha value is -0.610. The normalized spacial score (nSPS) is 27.8. The highest BCUT2D eigenvalue weighted by atomic mass is 16.5. The highest BCUT2D eigenvalue weighted by Gasteiger charge is 2.25. The van der Waals surface area contributed by atoms with Crippen LogP contribution in [0, 0.1) is 0 Å². The lowest BCUT2D eigenvalue weighted by Gasteiger charge is -2.32. The lowest BCUT2D eigenvalue weighted by Crippen LogP contribution is -2.48. The van der Waals surface area contributed by atoms with Crippen molar-refractivity contribution in [2.75, 3.05) is 6.54 Å². The predicted octanol–water partition coefficient (Wildman–Crippen LogP) is 1.06. The van der Waals surface area contributed by atoms with E-state index in [4.69, 9.17) is 4.74 Å². The van der Waals surface area contributed by atoms with Crippen molar-refractivity contribution >= 4 is 5.91 Å². The Bertz CT molecular complexity index is 231. The van der Waals surface area contributed by atoms with Gasteiger partial charge in [0.05, 0.1) is 6.10 Å². The molecule has 0 aromatic rings. The molecule has 16 heavy (non-hydrogen) atoms. The molecule has 94 valence electrons. The number of hydrogen-bond acceptors (Lipinski definition) is 3. The van der Waals surface area contributed by atoms with Gasteiger partial charge in [0.1, 0.15) is 6.10 Å². The van der Waals surface area contributed by atoms with Gasteiger partial charge in [-0.25, -0.2) is 0 Å². The first kappa shape index (κ1) is 13.5. The van der Waals surface area contributed by atoms with Crippen LogP contribution >= 0.6 is 0 Å². The molecule has 1 aliphatic heterocycles. The van der Waals surface area contributed by atoms with Crippen molar-refractivity contribution < 1.29 is 9.53 Å². The molecule has 0 bridgehead atoms. The van der Waals surface area contributed by atoms with E-state index in [1.807, 2.05) is 20.8 Å². The lowest BCUT2D eigenvalue weighted by atomic mass is 10.0. The van der Waals surface area contributed by atoms with Crippen LogP contribution in [0.1, 0.15) is 40.5 Å². The molecule has 0 radical (unpaired) electrons. The number of hydrogen-bond donors (Lipinski definition) is 2. The minimum atomic E-state index is -0.366. The van der Waals surface area contributed by atoms with Gasteiger partial charge in [0, 0.05) is 12.1 Å². The molecule has 3 atom stereocenters. The molecule has 0 aliphatic carbocycles. The Morgan fingerprint density at radius 1 is 1.44 bits per heavy atom. The Balaban J connectivity index is 2.37. The summed E-state index contributed by atoms with van der Waals surface area (Å²) in [6, 6.07) is 0.503. The molecule has 0 aromatic carbocycles. The fourth-order valence-corrected chi connectivity index (χ4v) is 1.93. The van der Waals surface area contributed by atoms with Crippen molar-refractivity contribution in [2.45, 2.75) is 64.8 Å². The zero-order valence-electron chi connectivity index (χ0n) is 10.7. The summed E-state index contributed by atoms with van der Waals surface area (Å²) in [6.45, 7) is 8.88. The van der Waals surface area contributed by atoms with Gasteiger partial charge >= 0.3 is 0 Å². The third-order valence-electron chi connectivity index (χ3n) is 2.87. The van der Waals surface area contributed by atoms with E-state index in [2.05, 4.69) is 17.6 Å². The van der Waals surface area contributed by atoms with Gasteiger partial charge in [-0.2, -0.15) is 0 Å². The zero-order chi connectivity index (χ0) is 12.1.